The van der Waals surface area contributed by atoms with E-state index in [2.05, 4.69) is 6.92 Å². The smallest absolute Gasteiger partial charge is 0.153 e. The zero-order chi connectivity index (χ0) is 9.68. The number of aliphatic hydroxyl groups is 1. The van der Waals surface area contributed by atoms with Crippen molar-refractivity contribution in [3.63, 3.8) is 0 Å². The third-order valence-corrected chi connectivity index (χ3v) is 1.99. The second-order valence-corrected chi connectivity index (χ2v) is 3.02. The highest BCUT2D eigenvalue weighted by Gasteiger charge is 2.14. The molecule has 0 saturated heterocycles. The molecule has 0 saturated carbocycles. The summed E-state index contributed by atoms with van der Waals surface area (Å²) in [5, 5.41) is 9.60. The molecular weight excluding hydrogens is 168 g/mol. The van der Waals surface area contributed by atoms with Gasteiger partial charge in [0, 0.05) is 0 Å². The lowest BCUT2D eigenvalue weighted by molar-refractivity contribution is 0.109. The van der Waals surface area contributed by atoms with E-state index >= 15 is 0 Å². The van der Waals surface area contributed by atoms with Crippen LogP contribution in [0.15, 0.2) is 16.7 Å². The lowest BCUT2D eigenvalue weighted by atomic mass is 10.1. The largest absolute Gasteiger partial charge is 0.466 e. The topological polar surface area (TPSA) is 50.4 Å². The maximum Gasteiger partial charge on any atom is 0.153 e. The van der Waals surface area contributed by atoms with Gasteiger partial charge in [-0.05, 0) is 12.5 Å². The monoisotopic (exact) mass is 182 g/mol. The van der Waals surface area contributed by atoms with E-state index in [1.807, 2.05) is 0 Å². The molecule has 0 aliphatic heterocycles. The molecule has 0 amide bonds. The van der Waals surface area contributed by atoms with Crippen LogP contribution in [0, 0.1) is 0 Å². The maximum atomic E-state index is 10.5. The fourth-order valence-electron chi connectivity index (χ4n) is 1.23. The van der Waals surface area contributed by atoms with Gasteiger partial charge in [-0.1, -0.05) is 19.8 Å². The standard InChI is InChI=1S/C10H14O3/c1-2-3-4-9(12)10-8(7-11)5-6-13-10/h5-7,9,12H,2-4H2,1H3/t9-/m1/s1. The third-order valence-electron chi connectivity index (χ3n) is 1.99. The van der Waals surface area contributed by atoms with Gasteiger partial charge in [0.25, 0.3) is 0 Å². The quantitative estimate of drug-likeness (QED) is 0.711. The number of carbonyl (C=O) groups is 1. The van der Waals surface area contributed by atoms with Gasteiger partial charge in [0.15, 0.2) is 6.29 Å². The predicted octanol–water partition coefficient (Wildman–Crippen LogP) is 2.32. The van der Waals surface area contributed by atoms with E-state index in [1.54, 1.807) is 6.07 Å². The van der Waals surface area contributed by atoms with Crippen molar-refractivity contribution in [1.82, 2.24) is 0 Å². The van der Waals surface area contributed by atoms with Gasteiger partial charge in [-0.2, -0.15) is 0 Å². The van der Waals surface area contributed by atoms with Crippen LogP contribution in [-0.2, 0) is 0 Å². The van der Waals surface area contributed by atoms with E-state index < -0.39 is 6.10 Å². The highest BCUT2D eigenvalue weighted by atomic mass is 16.4. The Morgan fingerprint density at radius 1 is 1.69 bits per heavy atom. The Hall–Kier alpha value is -1.09. The molecule has 0 aliphatic carbocycles. The number of carbonyl (C=O) groups excluding carboxylic acids is 1. The van der Waals surface area contributed by atoms with Gasteiger partial charge in [-0.3, -0.25) is 4.79 Å². The van der Waals surface area contributed by atoms with E-state index in [1.165, 1.54) is 6.26 Å². The van der Waals surface area contributed by atoms with Crippen molar-refractivity contribution in [1.29, 1.82) is 0 Å². The van der Waals surface area contributed by atoms with Crippen LogP contribution < -0.4 is 0 Å². The molecule has 1 aromatic heterocycles. The van der Waals surface area contributed by atoms with Crippen molar-refractivity contribution in [3.05, 3.63) is 23.7 Å². The second kappa shape index (κ2) is 4.82. The Kier molecular flexibility index (Phi) is 3.71. The van der Waals surface area contributed by atoms with Crippen LogP contribution in [0.2, 0.25) is 0 Å². The molecule has 1 heterocycles. The van der Waals surface area contributed by atoms with E-state index in [0.29, 0.717) is 24.0 Å². The summed E-state index contributed by atoms with van der Waals surface area (Å²) in [5.41, 5.74) is 0.448. The first-order valence-corrected chi connectivity index (χ1v) is 4.50. The number of aliphatic hydroxyl groups excluding tert-OH is 1. The zero-order valence-electron chi connectivity index (χ0n) is 7.69. The van der Waals surface area contributed by atoms with E-state index in [-0.39, 0.29) is 0 Å². The van der Waals surface area contributed by atoms with Crippen molar-refractivity contribution < 1.29 is 14.3 Å². The summed E-state index contributed by atoms with van der Waals surface area (Å²) in [7, 11) is 0. The molecule has 0 unspecified atom stereocenters. The summed E-state index contributed by atoms with van der Waals surface area (Å²) in [6.45, 7) is 2.05. The van der Waals surface area contributed by atoms with E-state index in [0.717, 1.165) is 12.8 Å². The third kappa shape index (κ3) is 2.42. The molecule has 0 spiro atoms. The normalized spacial score (nSPS) is 12.8. The number of unbranched alkanes of at least 4 members (excludes halogenated alkanes) is 1. The second-order valence-electron chi connectivity index (χ2n) is 3.02. The van der Waals surface area contributed by atoms with Crippen LogP contribution in [0.25, 0.3) is 0 Å². The van der Waals surface area contributed by atoms with Crippen molar-refractivity contribution in [2.45, 2.75) is 32.3 Å². The molecular formula is C10H14O3. The minimum atomic E-state index is -0.643. The average molecular weight is 182 g/mol. The molecule has 1 N–H and O–H groups in total. The van der Waals surface area contributed by atoms with Crippen molar-refractivity contribution in [2.24, 2.45) is 0 Å². The first-order chi connectivity index (χ1) is 6.29. The minimum absolute atomic E-state index is 0.392. The Morgan fingerprint density at radius 2 is 2.46 bits per heavy atom. The van der Waals surface area contributed by atoms with Crippen LogP contribution in [0.3, 0.4) is 0 Å². The lowest BCUT2D eigenvalue weighted by Crippen LogP contribution is -1.98. The fraction of sp³-hybridized carbons (Fsp3) is 0.500. The van der Waals surface area contributed by atoms with E-state index in [4.69, 9.17) is 4.42 Å². The molecule has 3 heteroatoms. The minimum Gasteiger partial charge on any atom is -0.466 e. The highest BCUT2D eigenvalue weighted by Crippen LogP contribution is 2.22. The zero-order valence-corrected chi connectivity index (χ0v) is 7.69. The molecule has 1 atom stereocenters. The lowest BCUT2D eigenvalue weighted by Gasteiger charge is -2.06. The van der Waals surface area contributed by atoms with Crippen molar-refractivity contribution in [2.75, 3.05) is 0 Å². The SMILES string of the molecule is CCCC[C@@H](O)c1occc1C=O. The molecule has 0 fully saturated rings. The van der Waals surface area contributed by atoms with Gasteiger partial charge in [-0.25, -0.2) is 0 Å². The highest BCUT2D eigenvalue weighted by molar-refractivity contribution is 5.76. The summed E-state index contributed by atoms with van der Waals surface area (Å²) in [6.07, 6.45) is 4.08. The first kappa shape index (κ1) is 9.99. The molecule has 0 bridgehead atoms. The summed E-state index contributed by atoms with van der Waals surface area (Å²) in [5.74, 6) is 0.392. The number of hydrogen-bond acceptors (Lipinski definition) is 3. The van der Waals surface area contributed by atoms with Gasteiger partial charge < -0.3 is 9.52 Å². The Labute approximate surface area is 77.4 Å². The Morgan fingerprint density at radius 3 is 3.08 bits per heavy atom. The predicted molar refractivity (Wildman–Crippen MR) is 48.6 cm³/mol. The van der Waals surface area contributed by atoms with Crippen LogP contribution in [0.4, 0.5) is 0 Å². The first-order valence-electron chi connectivity index (χ1n) is 4.50. The Bertz CT molecular complexity index is 265. The molecule has 0 aliphatic rings. The van der Waals surface area contributed by atoms with Gasteiger partial charge in [0.1, 0.15) is 11.9 Å². The maximum absolute atomic E-state index is 10.5. The summed E-state index contributed by atoms with van der Waals surface area (Å²) in [6, 6.07) is 1.57. The molecule has 1 rings (SSSR count). The average Bonchev–Trinajstić information content (AvgIpc) is 2.61. The van der Waals surface area contributed by atoms with Crippen molar-refractivity contribution >= 4 is 6.29 Å². The van der Waals surface area contributed by atoms with Crippen LogP contribution in [-0.4, -0.2) is 11.4 Å². The fourth-order valence-corrected chi connectivity index (χ4v) is 1.23. The van der Waals surface area contributed by atoms with E-state index in [9.17, 15) is 9.90 Å². The molecule has 3 nitrogen and oxygen atoms in total. The van der Waals surface area contributed by atoms with Crippen LogP contribution in [0.1, 0.15) is 48.4 Å². The summed E-state index contributed by atoms with van der Waals surface area (Å²) >= 11 is 0. The van der Waals surface area contributed by atoms with Gasteiger partial charge >= 0.3 is 0 Å². The van der Waals surface area contributed by atoms with Crippen molar-refractivity contribution in [3.8, 4) is 0 Å². The number of hydrogen-bond donors (Lipinski definition) is 1. The number of aldehydes is 1. The van der Waals surface area contributed by atoms with Gasteiger partial charge in [0.2, 0.25) is 0 Å². The number of rotatable bonds is 5. The Balaban J connectivity index is 2.64. The van der Waals surface area contributed by atoms with Gasteiger partial charge in [-0.15, -0.1) is 0 Å². The van der Waals surface area contributed by atoms with Crippen LogP contribution in [0.5, 0.6) is 0 Å². The summed E-state index contributed by atoms with van der Waals surface area (Å²) < 4.78 is 5.03. The van der Waals surface area contributed by atoms with Gasteiger partial charge in [0.05, 0.1) is 11.8 Å². The molecule has 72 valence electrons. The molecule has 1 aromatic rings. The number of furan rings is 1. The summed E-state index contributed by atoms with van der Waals surface area (Å²) in [4.78, 5) is 10.5. The molecule has 0 radical (unpaired) electrons. The molecule has 13 heavy (non-hydrogen) atoms. The van der Waals surface area contributed by atoms with Crippen LogP contribution >= 0.6 is 0 Å². The molecule has 0 aromatic carbocycles.